The molecule has 2 unspecified atom stereocenters. The average molecular weight is 367 g/mol. The molecule has 1 heterocycles. The van der Waals surface area contributed by atoms with Gasteiger partial charge in [0.1, 0.15) is 5.75 Å². The summed E-state index contributed by atoms with van der Waals surface area (Å²) >= 11 is 0. The van der Waals surface area contributed by atoms with Crippen LogP contribution in [-0.4, -0.2) is 36.0 Å². The average Bonchev–Trinajstić information content (AvgIpc) is 2.65. The molecule has 0 radical (unpaired) electrons. The summed E-state index contributed by atoms with van der Waals surface area (Å²) in [6.07, 6.45) is 0.901. The van der Waals surface area contributed by atoms with Crippen molar-refractivity contribution in [3.05, 3.63) is 54.6 Å². The van der Waals surface area contributed by atoms with E-state index in [1.165, 1.54) is 0 Å². The molecule has 5 nitrogen and oxygen atoms in total. The zero-order valence-electron chi connectivity index (χ0n) is 16.3. The Kier molecular flexibility index (Phi) is 5.82. The van der Waals surface area contributed by atoms with Gasteiger partial charge in [0.05, 0.1) is 11.7 Å². The number of carbonyl (C=O) groups excluding carboxylic acids is 1. The molecule has 2 aromatic rings. The number of amides is 1. The van der Waals surface area contributed by atoms with Crippen molar-refractivity contribution in [3.8, 4) is 11.5 Å². The lowest BCUT2D eigenvalue weighted by Crippen LogP contribution is -2.56. The number of hydrogen-bond donors (Lipinski definition) is 2. The van der Waals surface area contributed by atoms with E-state index in [1.807, 2.05) is 61.5 Å². The molecule has 0 aromatic heterocycles. The van der Waals surface area contributed by atoms with Crippen LogP contribution < -0.4 is 15.8 Å². The molecule has 3 rings (SSSR count). The van der Waals surface area contributed by atoms with Crippen molar-refractivity contribution in [1.29, 1.82) is 0 Å². The van der Waals surface area contributed by atoms with Crippen molar-refractivity contribution < 1.29 is 9.53 Å². The molecule has 0 spiro atoms. The number of para-hydroxylation sites is 3. The molecule has 1 fully saturated rings. The lowest BCUT2D eigenvalue weighted by atomic mass is 9.79. The van der Waals surface area contributed by atoms with Crippen LogP contribution in [0.1, 0.15) is 27.2 Å². The van der Waals surface area contributed by atoms with E-state index in [0.29, 0.717) is 11.4 Å². The second kappa shape index (κ2) is 8.11. The summed E-state index contributed by atoms with van der Waals surface area (Å²) in [5.41, 5.74) is 6.90. The number of benzene rings is 2. The molecule has 2 aromatic carbocycles. The molecule has 3 N–H and O–H groups in total. The largest absolute Gasteiger partial charge is 0.455 e. The van der Waals surface area contributed by atoms with Gasteiger partial charge in [0, 0.05) is 19.1 Å². The van der Waals surface area contributed by atoms with Crippen LogP contribution in [0, 0.1) is 5.41 Å². The lowest BCUT2D eigenvalue weighted by Gasteiger charge is -2.44. The minimum atomic E-state index is -0.235. The lowest BCUT2D eigenvalue weighted by molar-refractivity contribution is -0.122. The third kappa shape index (κ3) is 4.67. The highest BCUT2D eigenvalue weighted by Crippen LogP contribution is 2.31. The first-order valence-corrected chi connectivity index (χ1v) is 9.49. The summed E-state index contributed by atoms with van der Waals surface area (Å²) in [7, 11) is 0. The third-order valence-electron chi connectivity index (χ3n) is 5.38. The van der Waals surface area contributed by atoms with Gasteiger partial charge >= 0.3 is 0 Å². The Balaban J connectivity index is 1.69. The standard InChI is InChI=1S/C22H29N3O2/c1-16(25-14-13-20(23)22(2,3)15-25)21(26)24-18-11-7-8-12-19(18)27-17-9-5-4-6-10-17/h4-12,16,20H,13-15,23H2,1-3H3,(H,24,26). The summed E-state index contributed by atoms with van der Waals surface area (Å²) in [6, 6.07) is 17.0. The fourth-order valence-electron chi connectivity index (χ4n) is 3.42. The highest BCUT2D eigenvalue weighted by molar-refractivity contribution is 5.95. The smallest absolute Gasteiger partial charge is 0.241 e. The minimum Gasteiger partial charge on any atom is -0.455 e. The molecule has 0 bridgehead atoms. The number of carbonyl (C=O) groups is 1. The van der Waals surface area contributed by atoms with Crippen LogP contribution in [0.3, 0.4) is 0 Å². The summed E-state index contributed by atoms with van der Waals surface area (Å²) < 4.78 is 5.94. The van der Waals surface area contributed by atoms with Gasteiger partial charge in [0.25, 0.3) is 0 Å². The molecular weight excluding hydrogens is 338 g/mol. The molecule has 144 valence electrons. The first-order valence-electron chi connectivity index (χ1n) is 9.49. The first-order chi connectivity index (χ1) is 12.9. The maximum absolute atomic E-state index is 12.9. The number of nitrogens with two attached hydrogens (primary N) is 1. The van der Waals surface area contributed by atoms with Crippen molar-refractivity contribution in [3.63, 3.8) is 0 Å². The van der Waals surface area contributed by atoms with E-state index < -0.39 is 0 Å². The Morgan fingerprint density at radius 2 is 1.85 bits per heavy atom. The molecule has 1 amide bonds. The van der Waals surface area contributed by atoms with E-state index in [-0.39, 0.29) is 23.4 Å². The van der Waals surface area contributed by atoms with E-state index in [1.54, 1.807) is 0 Å². The second-order valence-corrected chi connectivity index (χ2v) is 7.93. The Bertz CT molecular complexity index is 776. The fraction of sp³-hybridized carbons (Fsp3) is 0.409. The summed E-state index contributed by atoms with van der Waals surface area (Å²) in [4.78, 5) is 15.1. The molecule has 2 atom stereocenters. The number of piperidine rings is 1. The number of likely N-dealkylation sites (tertiary alicyclic amines) is 1. The van der Waals surface area contributed by atoms with Gasteiger partial charge in [-0.3, -0.25) is 9.69 Å². The number of rotatable bonds is 5. The molecule has 0 aliphatic carbocycles. The maximum atomic E-state index is 12.9. The topological polar surface area (TPSA) is 67.6 Å². The van der Waals surface area contributed by atoms with Gasteiger partial charge in [0.15, 0.2) is 5.75 Å². The van der Waals surface area contributed by atoms with Gasteiger partial charge in [-0.15, -0.1) is 0 Å². The van der Waals surface area contributed by atoms with Crippen LogP contribution in [0.2, 0.25) is 0 Å². The van der Waals surface area contributed by atoms with Crippen molar-refractivity contribution >= 4 is 11.6 Å². The number of nitrogens with zero attached hydrogens (tertiary/aromatic N) is 1. The molecule has 27 heavy (non-hydrogen) atoms. The van der Waals surface area contributed by atoms with Crippen LogP contribution in [-0.2, 0) is 4.79 Å². The summed E-state index contributed by atoms with van der Waals surface area (Å²) in [6.45, 7) is 7.92. The SMILES string of the molecule is CC(C(=O)Nc1ccccc1Oc1ccccc1)N1CCC(N)C(C)(C)C1. The van der Waals surface area contributed by atoms with Gasteiger partial charge in [-0.2, -0.15) is 0 Å². The van der Waals surface area contributed by atoms with Crippen molar-refractivity contribution in [2.24, 2.45) is 11.1 Å². The minimum absolute atomic E-state index is 0.00111. The molecule has 5 heteroatoms. The monoisotopic (exact) mass is 367 g/mol. The third-order valence-corrected chi connectivity index (χ3v) is 5.38. The zero-order chi connectivity index (χ0) is 19.4. The van der Waals surface area contributed by atoms with Crippen molar-refractivity contribution in [1.82, 2.24) is 4.90 Å². The number of hydrogen-bond acceptors (Lipinski definition) is 4. The molecular formula is C22H29N3O2. The predicted octanol–water partition coefficient (Wildman–Crippen LogP) is 3.87. The molecule has 1 aliphatic rings. The predicted molar refractivity (Wildman–Crippen MR) is 109 cm³/mol. The Morgan fingerprint density at radius 3 is 2.56 bits per heavy atom. The quantitative estimate of drug-likeness (QED) is 0.842. The molecule has 0 saturated carbocycles. The van der Waals surface area contributed by atoms with Gasteiger partial charge < -0.3 is 15.8 Å². The Hall–Kier alpha value is -2.37. The van der Waals surface area contributed by atoms with Crippen molar-refractivity contribution in [2.45, 2.75) is 39.3 Å². The Morgan fingerprint density at radius 1 is 1.19 bits per heavy atom. The van der Waals surface area contributed by atoms with Crippen LogP contribution >= 0.6 is 0 Å². The summed E-state index contributed by atoms with van der Waals surface area (Å²) in [5, 5.41) is 3.03. The number of anilines is 1. The van der Waals surface area contributed by atoms with Crippen molar-refractivity contribution in [2.75, 3.05) is 18.4 Å². The Labute approximate surface area is 161 Å². The second-order valence-electron chi connectivity index (χ2n) is 7.93. The van der Waals surface area contributed by atoms with E-state index in [0.717, 1.165) is 25.3 Å². The van der Waals surface area contributed by atoms with Crippen LogP contribution in [0.5, 0.6) is 11.5 Å². The first kappa shape index (κ1) is 19.4. The molecule has 1 saturated heterocycles. The number of ether oxygens (including phenoxy) is 1. The number of nitrogens with one attached hydrogen (secondary N) is 1. The van der Waals surface area contributed by atoms with E-state index >= 15 is 0 Å². The van der Waals surface area contributed by atoms with Gasteiger partial charge in [0.2, 0.25) is 5.91 Å². The normalized spacial score (nSPS) is 20.7. The van der Waals surface area contributed by atoms with E-state index in [9.17, 15) is 4.79 Å². The summed E-state index contributed by atoms with van der Waals surface area (Å²) in [5.74, 6) is 1.33. The zero-order valence-corrected chi connectivity index (χ0v) is 16.3. The van der Waals surface area contributed by atoms with Gasteiger partial charge in [-0.05, 0) is 43.0 Å². The van der Waals surface area contributed by atoms with E-state index in [4.69, 9.17) is 10.5 Å². The van der Waals surface area contributed by atoms with Crippen LogP contribution in [0.25, 0.3) is 0 Å². The van der Waals surface area contributed by atoms with Crippen LogP contribution in [0.15, 0.2) is 54.6 Å². The highest BCUT2D eigenvalue weighted by atomic mass is 16.5. The van der Waals surface area contributed by atoms with Gasteiger partial charge in [-0.1, -0.05) is 44.2 Å². The fourth-order valence-corrected chi connectivity index (χ4v) is 3.42. The maximum Gasteiger partial charge on any atom is 0.241 e. The molecule has 1 aliphatic heterocycles. The highest BCUT2D eigenvalue weighted by Gasteiger charge is 2.36. The van der Waals surface area contributed by atoms with Gasteiger partial charge in [-0.25, -0.2) is 0 Å². The van der Waals surface area contributed by atoms with E-state index in [2.05, 4.69) is 24.1 Å². The van der Waals surface area contributed by atoms with Crippen LogP contribution in [0.4, 0.5) is 5.69 Å².